The Morgan fingerprint density at radius 1 is 0.970 bits per heavy atom. The van der Waals surface area contributed by atoms with Gasteiger partial charge in [0.15, 0.2) is 0 Å². The molecule has 0 heterocycles. The van der Waals surface area contributed by atoms with E-state index in [1.807, 2.05) is 0 Å². The van der Waals surface area contributed by atoms with Gasteiger partial charge in [-0.15, -0.1) is 10.1 Å². The van der Waals surface area contributed by atoms with E-state index in [9.17, 15) is 19.5 Å². The average Bonchev–Trinajstić information content (AvgIpc) is 2.78. The first-order chi connectivity index (χ1) is 15.9. The quantitative estimate of drug-likeness (QED) is 0.0576. The Bertz CT molecular complexity index is 745. The molecule has 0 radical (unpaired) electrons. The molecule has 0 aromatic heterocycles. The lowest BCUT2D eigenvalue weighted by Crippen LogP contribution is -2.11. The smallest absolute Gasteiger partial charge is 0.474 e. The van der Waals surface area contributed by atoms with Crippen LogP contribution in [0.25, 0.3) is 0 Å². The van der Waals surface area contributed by atoms with E-state index in [1.54, 1.807) is 38.1 Å². The molecule has 0 atom stereocenters. The monoisotopic (exact) mass is 527 g/mol. The molecule has 11 nitrogen and oxygen atoms in total. The number of benzene rings is 1. The number of hydrogen-bond acceptors (Lipinski definition) is 12. The molecule has 0 N–H and O–H groups in total. The molecule has 0 unspecified atom stereocenters. The Hall–Kier alpha value is -1.50. The fourth-order valence-corrected chi connectivity index (χ4v) is 5.12. The number of rotatable bonds is 20. The Kier molecular flexibility index (Phi) is 16.0. The minimum absolute atomic E-state index is 0.0135. The minimum atomic E-state index is -3.51. The average molecular weight is 528 g/mol. The van der Waals surface area contributed by atoms with Gasteiger partial charge in [-0.05, 0) is 38.8 Å². The fraction of sp³-hybridized carbons (Fsp3) is 0.632. The molecule has 0 saturated carbocycles. The molecule has 0 bridgehead atoms. The highest BCUT2D eigenvalue weighted by Crippen LogP contribution is 2.49. The summed E-state index contributed by atoms with van der Waals surface area (Å²) in [6, 6.07) is 6.79. The molecular formula is C19H30NO10PS2. The van der Waals surface area contributed by atoms with E-state index in [-0.39, 0.29) is 33.0 Å². The molecule has 1 aromatic carbocycles. The molecule has 1 rings (SSSR count). The maximum absolute atomic E-state index is 12.4. The van der Waals surface area contributed by atoms with Crippen molar-refractivity contribution in [2.45, 2.75) is 26.7 Å². The molecule has 33 heavy (non-hydrogen) atoms. The number of hydrogen-bond donors (Lipinski definition) is 0. The van der Waals surface area contributed by atoms with Crippen LogP contribution in [-0.2, 0) is 27.7 Å². The summed E-state index contributed by atoms with van der Waals surface area (Å²) in [6.07, 6.45) is 1.17. The highest BCUT2D eigenvalue weighted by Gasteiger charge is 2.24. The second kappa shape index (κ2) is 17.9. The first kappa shape index (κ1) is 29.5. The molecule has 188 valence electrons. The molecule has 0 aliphatic heterocycles. The number of carbonyl (C=O) groups is 1. The second-order valence-electron chi connectivity index (χ2n) is 6.00. The Balaban J connectivity index is 2.29. The van der Waals surface area contributed by atoms with Crippen LogP contribution >= 0.6 is 29.4 Å². The van der Waals surface area contributed by atoms with Crippen molar-refractivity contribution in [2.24, 2.45) is 0 Å². The van der Waals surface area contributed by atoms with E-state index in [1.165, 1.54) is 21.6 Å². The van der Waals surface area contributed by atoms with Crippen molar-refractivity contribution < 1.29 is 42.3 Å². The Morgan fingerprint density at radius 2 is 1.61 bits per heavy atom. The second-order valence-corrected chi connectivity index (χ2v) is 10.4. The van der Waals surface area contributed by atoms with Gasteiger partial charge < -0.3 is 14.3 Å². The SMILES string of the molecule is CCOP(=O)(OCC)OCCCCOc1ccccc1C(=O)OCCSSCCO[N+](=O)[O-]. The predicted octanol–water partition coefficient (Wildman–Crippen LogP) is 4.79. The summed E-state index contributed by atoms with van der Waals surface area (Å²) < 4.78 is 38.6. The van der Waals surface area contributed by atoms with Crippen LogP contribution in [0.1, 0.15) is 37.0 Å². The lowest BCUT2D eigenvalue weighted by molar-refractivity contribution is -0.756. The molecule has 0 amide bonds. The summed E-state index contributed by atoms with van der Waals surface area (Å²) in [7, 11) is -0.682. The number of carbonyl (C=O) groups excluding carboxylic acids is 1. The van der Waals surface area contributed by atoms with E-state index in [4.69, 9.17) is 23.0 Å². The molecule has 14 heteroatoms. The molecule has 0 spiro atoms. The lowest BCUT2D eigenvalue weighted by Gasteiger charge is -2.16. The third kappa shape index (κ3) is 13.7. The van der Waals surface area contributed by atoms with Gasteiger partial charge in [-0.1, -0.05) is 33.7 Å². The fourth-order valence-electron chi connectivity index (χ4n) is 2.26. The van der Waals surface area contributed by atoms with E-state index in [0.717, 1.165) is 0 Å². The van der Waals surface area contributed by atoms with Gasteiger partial charge in [0.25, 0.3) is 5.09 Å². The number of nitrogens with zero attached hydrogens (tertiary/aromatic N) is 1. The first-order valence-electron chi connectivity index (χ1n) is 10.4. The van der Waals surface area contributed by atoms with Crippen molar-refractivity contribution in [1.82, 2.24) is 0 Å². The van der Waals surface area contributed by atoms with Gasteiger partial charge in [-0.3, -0.25) is 13.6 Å². The van der Waals surface area contributed by atoms with Crippen molar-refractivity contribution in [2.75, 3.05) is 51.1 Å². The van der Waals surface area contributed by atoms with Crippen molar-refractivity contribution in [3.05, 3.63) is 39.9 Å². The zero-order valence-corrected chi connectivity index (χ0v) is 21.2. The normalized spacial score (nSPS) is 11.2. The number of phosphoric acid groups is 1. The maximum Gasteiger partial charge on any atom is 0.474 e. The van der Waals surface area contributed by atoms with Gasteiger partial charge in [-0.2, -0.15) is 0 Å². The van der Waals surface area contributed by atoms with Gasteiger partial charge in [0.1, 0.15) is 24.5 Å². The summed E-state index contributed by atoms with van der Waals surface area (Å²) >= 11 is 0. The van der Waals surface area contributed by atoms with Crippen molar-refractivity contribution in [3.8, 4) is 5.75 Å². The maximum atomic E-state index is 12.4. The lowest BCUT2D eigenvalue weighted by atomic mass is 10.2. The van der Waals surface area contributed by atoms with E-state index in [0.29, 0.717) is 42.3 Å². The topological polar surface area (TPSA) is 133 Å². The summed E-state index contributed by atoms with van der Waals surface area (Å²) in [5.74, 6) is 0.906. The number of esters is 1. The first-order valence-corrected chi connectivity index (χ1v) is 14.3. The van der Waals surface area contributed by atoms with Crippen LogP contribution < -0.4 is 4.74 Å². The molecule has 1 aromatic rings. The number of phosphoric ester groups is 1. The van der Waals surface area contributed by atoms with Crippen LogP contribution in [0.3, 0.4) is 0 Å². The van der Waals surface area contributed by atoms with Crippen molar-refractivity contribution >= 4 is 35.4 Å². The Labute approximate surface area is 201 Å². The minimum Gasteiger partial charge on any atom is -0.493 e. The molecular weight excluding hydrogens is 497 g/mol. The van der Waals surface area contributed by atoms with Crippen molar-refractivity contribution in [3.63, 3.8) is 0 Å². The summed E-state index contributed by atoms with van der Waals surface area (Å²) in [5.41, 5.74) is 0.322. The van der Waals surface area contributed by atoms with E-state index >= 15 is 0 Å². The van der Waals surface area contributed by atoms with Crippen LogP contribution in [0.2, 0.25) is 0 Å². The Morgan fingerprint density at radius 3 is 2.27 bits per heavy atom. The van der Waals surface area contributed by atoms with Crippen LogP contribution in [0, 0.1) is 10.1 Å². The number of ether oxygens (including phenoxy) is 2. The van der Waals surface area contributed by atoms with E-state index < -0.39 is 18.9 Å². The number of para-hydroxylation sites is 1. The van der Waals surface area contributed by atoms with Crippen molar-refractivity contribution in [1.29, 1.82) is 0 Å². The zero-order chi connectivity index (χ0) is 24.4. The summed E-state index contributed by atoms with van der Waals surface area (Å²) in [5, 5.41) is 9.21. The largest absolute Gasteiger partial charge is 0.493 e. The molecule has 0 saturated heterocycles. The van der Waals surface area contributed by atoms with E-state index in [2.05, 4.69) is 4.84 Å². The third-order valence-corrected chi connectivity index (χ3v) is 7.55. The van der Waals surface area contributed by atoms with Gasteiger partial charge in [0, 0.05) is 11.5 Å². The third-order valence-electron chi connectivity index (χ3n) is 3.57. The van der Waals surface area contributed by atoms with Crippen LogP contribution in [0.5, 0.6) is 5.75 Å². The van der Waals surface area contributed by atoms with Crippen LogP contribution in [-0.4, -0.2) is 62.2 Å². The zero-order valence-electron chi connectivity index (χ0n) is 18.7. The molecule has 0 aliphatic rings. The predicted molar refractivity (Wildman–Crippen MR) is 126 cm³/mol. The summed E-state index contributed by atoms with van der Waals surface area (Å²) in [4.78, 5) is 26.6. The van der Waals surface area contributed by atoms with Crippen LogP contribution in [0.4, 0.5) is 0 Å². The number of unbranched alkanes of at least 4 members (excludes halogenated alkanes) is 1. The molecule has 0 aliphatic carbocycles. The highest BCUT2D eigenvalue weighted by molar-refractivity contribution is 8.76. The molecule has 0 fully saturated rings. The summed E-state index contributed by atoms with van der Waals surface area (Å²) in [6.45, 7) is 4.60. The van der Waals surface area contributed by atoms with Gasteiger partial charge in [0.2, 0.25) is 0 Å². The van der Waals surface area contributed by atoms with Gasteiger partial charge in [0.05, 0.1) is 26.4 Å². The highest BCUT2D eigenvalue weighted by atomic mass is 33.1. The standard InChI is InChI=1S/C19H30NO10PS2/c1-3-28-31(24,29-4-2)30-12-8-7-11-25-18-10-6-5-9-17(18)19(21)26-13-15-32-33-16-14-27-20(22)23/h5-6,9-10H,3-4,7-8,11-16H2,1-2H3. The van der Waals surface area contributed by atoms with Crippen LogP contribution in [0.15, 0.2) is 24.3 Å². The van der Waals surface area contributed by atoms with Gasteiger partial charge >= 0.3 is 13.8 Å². The van der Waals surface area contributed by atoms with Gasteiger partial charge in [-0.25, -0.2) is 9.36 Å².